The first-order chi connectivity index (χ1) is 13.2. The highest BCUT2D eigenvalue weighted by Gasteiger charge is 2.34. The number of carbonyl (C=O) groups is 1. The van der Waals surface area contributed by atoms with E-state index in [1.165, 1.54) is 0 Å². The molecule has 2 N–H and O–H groups in total. The summed E-state index contributed by atoms with van der Waals surface area (Å²) in [6, 6.07) is 2.32. The van der Waals surface area contributed by atoms with E-state index < -0.39 is 46.7 Å². The number of H-pyrrole nitrogens is 1. The molecule has 142 valence electrons. The van der Waals surface area contributed by atoms with E-state index in [4.69, 9.17) is 0 Å². The van der Waals surface area contributed by atoms with Gasteiger partial charge in [-0.3, -0.25) is 4.79 Å². The molecule has 1 aliphatic heterocycles. The molecule has 4 rings (SSSR count). The Bertz CT molecular complexity index is 1170. The Morgan fingerprint density at radius 1 is 0.750 bits per heavy atom. The van der Waals surface area contributed by atoms with Gasteiger partial charge in [0.15, 0.2) is 40.8 Å². The summed E-state index contributed by atoms with van der Waals surface area (Å²) in [6.45, 7) is 0. The summed E-state index contributed by atoms with van der Waals surface area (Å²) in [6.07, 6.45) is 0. The van der Waals surface area contributed by atoms with Gasteiger partial charge in [-0.2, -0.15) is 0 Å². The van der Waals surface area contributed by atoms with Crippen molar-refractivity contribution in [3.8, 4) is 17.1 Å². The molecule has 1 aliphatic rings. The lowest BCUT2D eigenvalue weighted by molar-refractivity contribution is 0.101. The van der Waals surface area contributed by atoms with Gasteiger partial charge in [0.1, 0.15) is 0 Å². The van der Waals surface area contributed by atoms with Gasteiger partial charge < -0.3 is 10.1 Å². The Balaban J connectivity index is 1.91. The summed E-state index contributed by atoms with van der Waals surface area (Å²) < 4.78 is 80.4. The van der Waals surface area contributed by atoms with E-state index in [0.29, 0.717) is 24.3 Å². The van der Waals surface area contributed by atoms with Crippen molar-refractivity contribution >= 4 is 11.6 Å². The van der Waals surface area contributed by atoms with Crippen LogP contribution in [0.15, 0.2) is 29.3 Å². The van der Waals surface area contributed by atoms with Crippen molar-refractivity contribution in [2.75, 3.05) is 0 Å². The largest absolute Gasteiger partial charge is 0.494 e. The first-order valence-electron chi connectivity index (χ1n) is 7.57. The molecule has 0 fully saturated rings. The fourth-order valence-corrected chi connectivity index (χ4v) is 2.96. The average molecular weight is 396 g/mol. The minimum absolute atomic E-state index is 0.280. The molecule has 1 amide bonds. The molecule has 4 nitrogen and oxygen atoms in total. The molecule has 0 atom stereocenters. The highest BCUT2D eigenvalue weighted by molar-refractivity contribution is 6.30. The van der Waals surface area contributed by atoms with Crippen LogP contribution in [0.4, 0.5) is 26.3 Å². The predicted octanol–water partition coefficient (Wildman–Crippen LogP) is 4.21. The van der Waals surface area contributed by atoms with Gasteiger partial charge in [0.25, 0.3) is 5.91 Å². The first-order valence-corrected chi connectivity index (χ1v) is 7.57. The second-order valence-corrected chi connectivity index (χ2v) is 5.87. The smallest absolute Gasteiger partial charge is 0.280 e. The van der Waals surface area contributed by atoms with Crippen molar-refractivity contribution in [3.63, 3.8) is 0 Å². The number of fused-ring (bicyclic) bond motifs is 1. The molecule has 0 aliphatic carbocycles. The third-order valence-electron chi connectivity index (χ3n) is 4.17. The Morgan fingerprint density at radius 3 is 1.71 bits per heavy atom. The van der Waals surface area contributed by atoms with Gasteiger partial charge in [-0.1, -0.05) is 0 Å². The topological polar surface area (TPSA) is 65.4 Å². The van der Waals surface area contributed by atoms with Crippen molar-refractivity contribution in [2.45, 2.75) is 0 Å². The van der Waals surface area contributed by atoms with Crippen LogP contribution in [0.25, 0.3) is 11.3 Å². The Morgan fingerprint density at radius 2 is 1.21 bits per heavy atom. The number of aromatic hydroxyl groups is 1. The lowest BCUT2D eigenvalue weighted by Gasteiger charge is -2.03. The molecule has 2 aromatic carbocycles. The fraction of sp³-hybridized carbons (Fsp3) is 0. The highest BCUT2D eigenvalue weighted by Crippen LogP contribution is 2.38. The second-order valence-electron chi connectivity index (χ2n) is 5.87. The van der Waals surface area contributed by atoms with E-state index in [0.717, 1.165) is 0 Å². The number of aromatic amines is 1. The van der Waals surface area contributed by atoms with Gasteiger partial charge in [0.05, 0.1) is 22.5 Å². The summed E-state index contributed by atoms with van der Waals surface area (Å²) in [5.41, 5.74) is -1.95. The van der Waals surface area contributed by atoms with E-state index in [-0.39, 0.29) is 33.7 Å². The van der Waals surface area contributed by atoms with Crippen LogP contribution in [-0.2, 0) is 0 Å². The van der Waals surface area contributed by atoms with Crippen LogP contribution >= 0.6 is 0 Å². The predicted molar refractivity (Wildman–Crippen MR) is 84.1 cm³/mol. The zero-order chi connectivity index (χ0) is 20.3. The molecule has 0 spiro atoms. The van der Waals surface area contributed by atoms with Crippen LogP contribution < -0.4 is 0 Å². The maximum absolute atomic E-state index is 13.5. The van der Waals surface area contributed by atoms with Gasteiger partial charge in [0.2, 0.25) is 0 Å². The number of benzene rings is 2. The number of hydrogen-bond donors (Lipinski definition) is 2. The number of rotatable bonds is 2. The Kier molecular flexibility index (Phi) is 3.81. The Hall–Kier alpha value is -3.56. The molecule has 0 bridgehead atoms. The van der Waals surface area contributed by atoms with Gasteiger partial charge in [-0.15, -0.1) is 0 Å². The summed E-state index contributed by atoms with van der Waals surface area (Å²) in [4.78, 5) is 18.2. The van der Waals surface area contributed by atoms with Crippen molar-refractivity contribution in [2.24, 2.45) is 4.99 Å². The number of carbonyl (C=O) groups excluding carboxylic acids is 1. The first kappa shape index (κ1) is 17.8. The number of hydrogen-bond acceptors (Lipinski definition) is 2. The molecule has 0 saturated carbocycles. The molecule has 2 heterocycles. The van der Waals surface area contributed by atoms with Crippen LogP contribution in [0.2, 0.25) is 0 Å². The van der Waals surface area contributed by atoms with Gasteiger partial charge in [-0.05, 0) is 24.3 Å². The zero-order valence-electron chi connectivity index (χ0n) is 13.4. The van der Waals surface area contributed by atoms with Gasteiger partial charge >= 0.3 is 0 Å². The number of aromatic nitrogens is 1. The SMILES string of the molecule is O=C1N=C(c2cc(F)c(F)c(F)c2)c2c(O)[nH]c(-c3cc(F)c(F)c(F)c3)c21. The minimum Gasteiger partial charge on any atom is -0.494 e. The maximum atomic E-state index is 13.5. The molecule has 10 heteroatoms. The minimum atomic E-state index is -1.73. The average Bonchev–Trinajstić information content (AvgIpc) is 3.15. The van der Waals surface area contributed by atoms with E-state index in [9.17, 15) is 36.2 Å². The van der Waals surface area contributed by atoms with Crippen LogP contribution in [-0.4, -0.2) is 21.7 Å². The van der Waals surface area contributed by atoms with Crippen LogP contribution in [0.1, 0.15) is 21.5 Å². The number of amides is 1. The summed E-state index contributed by atoms with van der Waals surface area (Å²) >= 11 is 0. The molecule has 0 saturated heterocycles. The lowest BCUT2D eigenvalue weighted by atomic mass is 10.00. The second kappa shape index (κ2) is 5.98. The zero-order valence-corrected chi connectivity index (χ0v) is 13.4. The monoisotopic (exact) mass is 396 g/mol. The van der Waals surface area contributed by atoms with E-state index in [1.807, 2.05) is 0 Å². The molecular formula is C18H6F6N2O2. The van der Waals surface area contributed by atoms with Crippen molar-refractivity contribution in [3.05, 3.63) is 75.9 Å². The van der Waals surface area contributed by atoms with Gasteiger partial charge in [0, 0.05) is 11.1 Å². The van der Waals surface area contributed by atoms with Crippen LogP contribution in [0.5, 0.6) is 5.88 Å². The number of halogens is 6. The molecule has 0 radical (unpaired) electrons. The third-order valence-corrected chi connectivity index (χ3v) is 4.17. The van der Waals surface area contributed by atoms with E-state index >= 15 is 0 Å². The van der Waals surface area contributed by atoms with Crippen molar-refractivity contribution in [1.82, 2.24) is 4.98 Å². The standard InChI is InChI=1S/C18H6F6N2O2/c19-7-1-5(2-8(20)13(7)23)15-11-12(18(28)25-15)16(26-17(11)27)6-3-9(21)14(24)10(22)4-6/h1-4,25,28H. The molecule has 1 aromatic heterocycles. The quantitative estimate of drug-likeness (QED) is 0.504. The van der Waals surface area contributed by atoms with Gasteiger partial charge in [-0.25, -0.2) is 31.3 Å². The highest BCUT2D eigenvalue weighted by atomic mass is 19.2. The number of aliphatic imine (C=N–C) groups is 1. The summed E-state index contributed by atoms with van der Waals surface area (Å²) in [7, 11) is 0. The van der Waals surface area contributed by atoms with Crippen LogP contribution in [0.3, 0.4) is 0 Å². The van der Waals surface area contributed by atoms with Crippen molar-refractivity contribution in [1.29, 1.82) is 0 Å². The molecule has 0 unspecified atom stereocenters. The van der Waals surface area contributed by atoms with E-state index in [1.54, 1.807) is 0 Å². The molecular weight excluding hydrogens is 390 g/mol. The number of nitrogens with zero attached hydrogens (tertiary/aromatic N) is 1. The number of nitrogens with one attached hydrogen (secondary N) is 1. The maximum Gasteiger partial charge on any atom is 0.280 e. The normalized spacial score (nSPS) is 13.1. The van der Waals surface area contributed by atoms with E-state index in [2.05, 4.69) is 9.98 Å². The summed E-state index contributed by atoms with van der Waals surface area (Å²) in [5, 5.41) is 10.1. The fourth-order valence-electron chi connectivity index (χ4n) is 2.96. The summed E-state index contributed by atoms with van der Waals surface area (Å²) in [5.74, 6) is -11.3. The van der Waals surface area contributed by atoms with Crippen LogP contribution in [0, 0.1) is 34.9 Å². The molecule has 3 aromatic rings. The Labute approximate surface area is 151 Å². The lowest BCUT2D eigenvalue weighted by Crippen LogP contribution is -2.03. The van der Waals surface area contributed by atoms with Crippen molar-refractivity contribution < 1.29 is 36.2 Å². The third kappa shape index (κ3) is 2.48. The molecule has 28 heavy (non-hydrogen) atoms.